The number of methoxy groups -OCH3 is 1. The summed E-state index contributed by atoms with van der Waals surface area (Å²) in [6, 6.07) is 20.5. The van der Waals surface area contributed by atoms with E-state index in [0.29, 0.717) is 16.8 Å². The Bertz CT molecular complexity index is 1430. The molecule has 5 rings (SSSR count). The number of rotatable bonds is 9. The van der Waals surface area contributed by atoms with Gasteiger partial charge in [0.2, 0.25) is 11.8 Å². The number of phenols is 1. The van der Waals surface area contributed by atoms with Crippen LogP contribution < -0.4 is 10.1 Å². The molecule has 1 atom stereocenters. The third kappa shape index (κ3) is 6.03. The van der Waals surface area contributed by atoms with Crippen LogP contribution in [0.15, 0.2) is 72.8 Å². The summed E-state index contributed by atoms with van der Waals surface area (Å²) in [4.78, 5) is 29.6. The van der Waals surface area contributed by atoms with Crippen molar-refractivity contribution in [2.75, 3.05) is 7.11 Å². The van der Waals surface area contributed by atoms with Crippen molar-refractivity contribution in [1.29, 1.82) is 0 Å². The van der Waals surface area contributed by atoms with E-state index in [2.05, 4.69) is 15.6 Å². The van der Waals surface area contributed by atoms with Gasteiger partial charge in [0.1, 0.15) is 29.6 Å². The van der Waals surface area contributed by atoms with Gasteiger partial charge in [0.05, 0.1) is 19.2 Å². The lowest BCUT2D eigenvalue weighted by atomic mass is 9.94. The number of hydrogen-bond acceptors (Lipinski definition) is 6. The highest BCUT2D eigenvalue weighted by atomic mass is 16.5. The summed E-state index contributed by atoms with van der Waals surface area (Å²) in [5.74, 6) is 0.160. The zero-order chi connectivity index (χ0) is 27.2. The predicted octanol–water partition coefficient (Wildman–Crippen LogP) is 4.36. The molecule has 1 aliphatic rings. The molecule has 1 heterocycles. The zero-order valence-electron chi connectivity index (χ0n) is 22.0. The molecule has 0 bridgehead atoms. The first-order chi connectivity index (χ1) is 19.0. The fourth-order valence-corrected chi connectivity index (χ4v) is 5.25. The normalized spacial score (nSPS) is 14.6. The molecule has 9 nitrogen and oxygen atoms in total. The number of nitrogens with one attached hydrogen (secondary N) is 1. The van der Waals surface area contributed by atoms with Crippen LogP contribution >= 0.6 is 0 Å². The minimum Gasteiger partial charge on any atom is -0.508 e. The van der Waals surface area contributed by atoms with E-state index < -0.39 is 6.04 Å². The van der Waals surface area contributed by atoms with Gasteiger partial charge in [-0.3, -0.25) is 9.59 Å². The fraction of sp³-hybridized carbons (Fsp3) is 0.333. The van der Waals surface area contributed by atoms with Gasteiger partial charge in [-0.2, -0.15) is 0 Å². The number of carbonyl (C=O) groups excluding carboxylic acids is 2. The van der Waals surface area contributed by atoms with Crippen molar-refractivity contribution in [3.8, 4) is 11.5 Å². The highest BCUT2D eigenvalue weighted by Crippen LogP contribution is 2.29. The van der Waals surface area contributed by atoms with Gasteiger partial charge < -0.3 is 20.1 Å². The van der Waals surface area contributed by atoms with Gasteiger partial charge in [0, 0.05) is 11.6 Å². The van der Waals surface area contributed by atoms with E-state index in [1.54, 1.807) is 28.8 Å². The maximum Gasteiger partial charge on any atom is 0.247 e. The molecular formula is C30H33N5O4. The monoisotopic (exact) mass is 527 g/mol. The first kappa shape index (κ1) is 26.2. The molecular weight excluding hydrogens is 494 g/mol. The molecule has 0 saturated heterocycles. The van der Waals surface area contributed by atoms with Crippen LogP contribution in [0.25, 0.3) is 11.0 Å². The highest BCUT2D eigenvalue weighted by molar-refractivity contribution is 5.89. The Morgan fingerprint density at radius 3 is 2.51 bits per heavy atom. The summed E-state index contributed by atoms with van der Waals surface area (Å²) in [5.41, 5.74) is 2.79. The molecule has 1 fully saturated rings. The zero-order valence-corrected chi connectivity index (χ0v) is 22.0. The third-order valence-electron chi connectivity index (χ3n) is 7.28. The van der Waals surface area contributed by atoms with Crippen molar-refractivity contribution >= 4 is 22.8 Å². The number of para-hydroxylation sites is 2. The number of amides is 2. The van der Waals surface area contributed by atoms with Crippen LogP contribution in [0.2, 0.25) is 0 Å². The summed E-state index contributed by atoms with van der Waals surface area (Å²) in [6.45, 7) is 0.0417. The van der Waals surface area contributed by atoms with Gasteiger partial charge in [-0.05, 0) is 48.7 Å². The van der Waals surface area contributed by atoms with E-state index in [1.165, 1.54) is 12.1 Å². The van der Waals surface area contributed by atoms with Gasteiger partial charge in [0.25, 0.3) is 0 Å². The minimum atomic E-state index is -0.931. The Hall–Kier alpha value is -4.40. The van der Waals surface area contributed by atoms with Crippen LogP contribution in [0.4, 0.5) is 0 Å². The van der Waals surface area contributed by atoms with E-state index in [1.807, 2.05) is 48.5 Å². The number of hydrogen-bond donors (Lipinski definition) is 2. The Balaban J connectivity index is 1.54. The van der Waals surface area contributed by atoms with E-state index in [9.17, 15) is 14.7 Å². The SMILES string of the molecule is COc1ccccc1CN(C(=O)Cn1nnc2ccccc21)[C@H](C(=O)NC1CCCCC1)c1ccc(O)cc1. The summed E-state index contributed by atoms with van der Waals surface area (Å²) in [5, 5.41) is 21.5. The van der Waals surface area contributed by atoms with Crippen molar-refractivity contribution < 1.29 is 19.4 Å². The van der Waals surface area contributed by atoms with Crippen molar-refractivity contribution in [3.63, 3.8) is 0 Å². The van der Waals surface area contributed by atoms with Crippen LogP contribution in [0.1, 0.15) is 49.3 Å². The Morgan fingerprint density at radius 2 is 1.74 bits per heavy atom. The van der Waals surface area contributed by atoms with Gasteiger partial charge in [0.15, 0.2) is 0 Å². The van der Waals surface area contributed by atoms with Crippen molar-refractivity contribution in [3.05, 3.63) is 83.9 Å². The van der Waals surface area contributed by atoms with Gasteiger partial charge in [-0.1, -0.05) is 66.9 Å². The fourth-order valence-electron chi connectivity index (χ4n) is 5.25. The molecule has 9 heteroatoms. The number of carbonyl (C=O) groups is 2. The predicted molar refractivity (Wildman–Crippen MR) is 147 cm³/mol. The van der Waals surface area contributed by atoms with E-state index in [0.717, 1.165) is 43.2 Å². The minimum absolute atomic E-state index is 0.0633. The molecule has 1 aromatic heterocycles. The van der Waals surface area contributed by atoms with Crippen molar-refractivity contribution in [2.24, 2.45) is 0 Å². The number of fused-ring (bicyclic) bond motifs is 1. The second-order valence-electron chi connectivity index (χ2n) is 9.91. The molecule has 2 N–H and O–H groups in total. The molecule has 3 aromatic carbocycles. The molecule has 4 aromatic rings. The Morgan fingerprint density at radius 1 is 1.03 bits per heavy atom. The largest absolute Gasteiger partial charge is 0.508 e. The summed E-state index contributed by atoms with van der Waals surface area (Å²) in [6.07, 6.45) is 5.13. The maximum atomic E-state index is 14.1. The average Bonchev–Trinajstić information content (AvgIpc) is 3.37. The number of ether oxygens (including phenoxy) is 1. The van der Waals surface area contributed by atoms with E-state index >= 15 is 0 Å². The van der Waals surface area contributed by atoms with E-state index in [4.69, 9.17) is 4.74 Å². The standard InChI is InChI=1S/C30H33N5O4/c1-39-27-14-8-5-9-22(27)19-34(28(37)20-35-26-13-7-6-12-25(26)32-33-35)29(21-15-17-24(36)18-16-21)30(38)31-23-10-3-2-4-11-23/h5-9,12-18,23,29,36H,2-4,10-11,19-20H2,1H3,(H,31,38)/t29-/m0/s1. The second-order valence-corrected chi connectivity index (χ2v) is 9.91. The number of nitrogens with zero attached hydrogens (tertiary/aromatic N) is 4. The Kier molecular flexibility index (Phi) is 8.05. The van der Waals surface area contributed by atoms with Gasteiger partial charge in [-0.25, -0.2) is 4.68 Å². The van der Waals surface area contributed by atoms with Gasteiger partial charge >= 0.3 is 0 Å². The average molecular weight is 528 g/mol. The summed E-state index contributed by atoms with van der Waals surface area (Å²) in [7, 11) is 1.58. The van der Waals surface area contributed by atoms with Crippen LogP contribution in [0.3, 0.4) is 0 Å². The van der Waals surface area contributed by atoms with Crippen LogP contribution in [0, 0.1) is 0 Å². The van der Waals surface area contributed by atoms with Crippen molar-refractivity contribution in [1.82, 2.24) is 25.2 Å². The lowest BCUT2D eigenvalue weighted by molar-refractivity contribution is -0.142. The van der Waals surface area contributed by atoms with Crippen LogP contribution in [-0.4, -0.2) is 50.0 Å². The molecule has 0 aliphatic heterocycles. The smallest absolute Gasteiger partial charge is 0.247 e. The molecule has 1 aliphatic carbocycles. The Labute approximate surface area is 227 Å². The maximum absolute atomic E-state index is 14.1. The van der Waals surface area contributed by atoms with Crippen LogP contribution in [-0.2, 0) is 22.7 Å². The molecule has 202 valence electrons. The van der Waals surface area contributed by atoms with Gasteiger partial charge in [-0.15, -0.1) is 5.10 Å². The van der Waals surface area contributed by atoms with Crippen molar-refractivity contribution in [2.45, 2.75) is 57.3 Å². The molecule has 0 radical (unpaired) electrons. The van der Waals surface area contributed by atoms with Crippen LogP contribution in [0.5, 0.6) is 11.5 Å². The second kappa shape index (κ2) is 12.0. The molecule has 1 saturated carbocycles. The highest BCUT2D eigenvalue weighted by Gasteiger charge is 2.34. The molecule has 39 heavy (non-hydrogen) atoms. The topological polar surface area (TPSA) is 110 Å². The number of benzene rings is 3. The summed E-state index contributed by atoms with van der Waals surface area (Å²) >= 11 is 0. The molecule has 0 spiro atoms. The number of aromatic nitrogens is 3. The molecule has 2 amide bonds. The lowest BCUT2D eigenvalue weighted by Gasteiger charge is -2.34. The third-order valence-corrected chi connectivity index (χ3v) is 7.28. The first-order valence-electron chi connectivity index (χ1n) is 13.3. The number of aromatic hydroxyl groups is 1. The number of phenolic OH excluding ortho intramolecular Hbond substituents is 1. The summed E-state index contributed by atoms with van der Waals surface area (Å²) < 4.78 is 7.13. The quantitative estimate of drug-likeness (QED) is 0.335. The first-order valence-corrected chi connectivity index (χ1v) is 13.3. The van der Waals surface area contributed by atoms with E-state index in [-0.39, 0.29) is 36.7 Å². The lowest BCUT2D eigenvalue weighted by Crippen LogP contribution is -2.47. The molecule has 0 unspecified atom stereocenters.